The van der Waals surface area contributed by atoms with E-state index in [0.717, 1.165) is 18.5 Å². The van der Waals surface area contributed by atoms with Crippen molar-refractivity contribution in [3.05, 3.63) is 35.4 Å². The average Bonchev–Trinajstić information content (AvgIpc) is 2.14. The first-order valence-electron chi connectivity index (χ1n) is 4.72. The van der Waals surface area contributed by atoms with Crippen LogP contribution in [0.2, 0.25) is 0 Å². The van der Waals surface area contributed by atoms with E-state index in [2.05, 4.69) is 12.2 Å². The molecule has 0 heterocycles. The molecule has 1 aromatic carbocycles. The molecule has 1 aromatic rings. The number of aliphatic hydroxyl groups is 1. The molecule has 0 aliphatic heterocycles. The molecule has 0 saturated heterocycles. The lowest BCUT2D eigenvalue weighted by molar-refractivity contribution is 0.139. The molecule has 0 amide bonds. The van der Waals surface area contributed by atoms with Gasteiger partial charge >= 0.3 is 0 Å². The summed E-state index contributed by atoms with van der Waals surface area (Å²) in [6.07, 6.45) is 0.503. The van der Waals surface area contributed by atoms with Crippen LogP contribution >= 0.6 is 0 Å². The zero-order chi connectivity index (χ0) is 9.68. The van der Waals surface area contributed by atoms with Crippen LogP contribution in [0.1, 0.15) is 30.7 Å². The highest BCUT2D eigenvalue weighted by atomic mass is 16.3. The Hall–Kier alpha value is -0.860. The number of aryl methyl sites for hydroxylation is 1. The van der Waals surface area contributed by atoms with Crippen LogP contribution < -0.4 is 5.32 Å². The van der Waals surface area contributed by atoms with E-state index in [1.54, 1.807) is 0 Å². The van der Waals surface area contributed by atoms with Crippen molar-refractivity contribution in [1.29, 1.82) is 0 Å². The van der Waals surface area contributed by atoms with Gasteiger partial charge in [-0.3, -0.25) is 5.32 Å². The molecule has 0 bridgehead atoms. The van der Waals surface area contributed by atoms with Gasteiger partial charge in [0, 0.05) is 0 Å². The predicted molar refractivity (Wildman–Crippen MR) is 54.4 cm³/mol. The van der Waals surface area contributed by atoms with E-state index in [1.165, 1.54) is 5.56 Å². The number of aliphatic hydroxyl groups excluding tert-OH is 1. The smallest absolute Gasteiger partial charge is 0.131 e. The number of hydrogen-bond acceptors (Lipinski definition) is 2. The molecule has 72 valence electrons. The van der Waals surface area contributed by atoms with Gasteiger partial charge in [0.1, 0.15) is 6.23 Å². The lowest BCUT2D eigenvalue weighted by atomic mass is 10.1. The fraction of sp³-hybridized carbons (Fsp3) is 0.455. The lowest BCUT2D eigenvalue weighted by Crippen LogP contribution is -2.21. The second kappa shape index (κ2) is 5.00. The molecule has 0 aromatic heterocycles. The average molecular weight is 179 g/mol. The first kappa shape index (κ1) is 10.2. The van der Waals surface area contributed by atoms with E-state index < -0.39 is 6.23 Å². The van der Waals surface area contributed by atoms with Gasteiger partial charge in [0.25, 0.3) is 0 Å². The number of nitrogens with one attached hydrogen (secondary N) is 1. The fourth-order valence-corrected chi connectivity index (χ4v) is 1.24. The zero-order valence-electron chi connectivity index (χ0n) is 8.25. The summed E-state index contributed by atoms with van der Waals surface area (Å²) in [5.41, 5.74) is 2.11. The van der Waals surface area contributed by atoms with Gasteiger partial charge in [0.05, 0.1) is 0 Å². The van der Waals surface area contributed by atoms with Gasteiger partial charge in [-0.2, -0.15) is 0 Å². The summed E-state index contributed by atoms with van der Waals surface area (Å²) in [6.45, 7) is 4.95. The fourth-order valence-electron chi connectivity index (χ4n) is 1.24. The third-order valence-electron chi connectivity index (χ3n) is 1.95. The van der Waals surface area contributed by atoms with Crippen LogP contribution in [-0.2, 0) is 0 Å². The van der Waals surface area contributed by atoms with E-state index in [0.29, 0.717) is 0 Å². The Morgan fingerprint density at radius 3 is 2.85 bits per heavy atom. The molecule has 0 saturated carbocycles. The summed E-state index contributed by atoms with van der Waals surface area (Å²) in [5.74, 6) is 0. The van der Waals surface area contributed by atoms with Crippen molar-refractivity contribution >= 4 is 0 Å². The quantitative estimate of drug-likeness (QED) is 0.693. The van der Waals surface area contributed by atoms with Gasteiger partial charge in [0.2, 0.25) is 0 Å². The first-order chi connectivity index (χ1) is 6.24. The third kappa shape index (κ3) is 3.17. The van der Waals surface area contributed by atoms with Crippen LogP contribution in [0.4, 0.5) is 0 Å². The summed E-state index contributed by atoms with van der Waals surface area (Å²) >= 11 is 0. The van der Waals surface area contributed by atoms with Crippen LogP contribution in [0.15, 0.2) is 24.3 Å². The molecule has 2 nitrogen and oxygen atoms in total. The van der Waals surface area contributed by atoms with Crippen LogP contribution in [0, 0.1) is 6.92 Å². The maximum atomic E-state index is 9.66. The summed E-state index contributed by atoms with van der Waals surface area (Å²) in [6, 6.07) is 7.91. The van der Waals surface area contributed by atoms with E-state index in [-0.39, 0.29) is 0 Å². The summed E-state index contributed by atoms with van der Waals surface area (Å²) in [7, 11) is 0. The van der Waals surface area contributed by atoms with Crippen LogP contribution in [-0.4, -0.2) is 11.7 Å². The Labute approximate surface area is 79.6 Å². The molecule has 0 fully saturated rings. The summed E-state index contributed by atoms with van der Waals surface area (Å²) < 4.78 is 0. The third-order valence-corrected chi connectivity index (χ3v) is 1.95. The molecule has 0 aliphatic carbocycles. The van der Waals surface area contributed by atoms with Crippen LogP contribution in [0.25, 0.3) is 0 Å². The number of benzene rings is 1. The van der Waals surface area contributed by atoms with E-state index in [1.807, 2.05) is 31.2 Å². The Morgan fingerprint density at radius 2 is 2.23 bits per heavy atom. The summed E-state index contributed by atoms with van der Waals surface area (Å²) in [4.78, 5) is 0. The Morgan fingerprint density at radius 1 is 1.46 bits per heavy atom. The van der Waals surface area contributed by atoms with Gasteiger partial charge in [-0.1, -0.05) is 36.8 Å². The van der Waals surface area contributed by atoms with Crippen molar-refractivity contribution < 1.29 is 5.11 Å². The normalized spacial score (nSPS) is 12.8. The van der Waals surface area contributed by atoms with E-state index >= 15 is 0 Å². The molecule has 0 aliphatic rings. The molecular formula is C11H17NO. The van der Waals surface area contributed by atoms with E-state index in [4.69, 9.17) is 0 Å². The highest BCUT2D eigenvalue weighted by Crippen LogP contribution is 2.11. The standard InChI is InChI=1S/C11H17NO/c1-3-7-12-11(13)10-6-4-5-9(2)8-10/h4-6,8,11-13H,3,7H2,1-2H3. The van der Waals surface area contributed by atoms with Crippen molar-refractivity contribution in [3.8, 4) is 0 Å². The molecule has 0 spiro atoms. The minimum atomic E-state index is -0.528. The first-order valence-corrected chi connectivity index (χ1v) is 4.72. The molecule has 2 heteroatoms. The van der Waals surface area contributed by atoms with Crippen molar-refractivity contribution in [1.82, 2.24) is 5.32 Å². The largest absolute Gasteiger partial charge is 0.374 e. The maximum absolute atomic E-state index is 9.66. The SMILES string of the molecule is CCCNC(O)c1cccc(C)c1. The number of hydrogen-bond donors (Lipinski definition) is 2. The van der Waals surface area contributed by atoms with Crippen molar-refractivity contribution in [3.63, 3.8) is 0 Å². The monoisotopic (exact) mass is 179 g/mol. The Bertz CT molecular complexity index is 260. The Kier molecular flexibility index (Phi) is 3.93. The molecule has 2 N–H and O–H groups in total. The number of rotatable bonds is 4. The topological polar surface area (TPSA) is 32.3 Å². The lowest BCUT2D eigenvalue weighted by Gasteiger charge is -2.12. The van der Waals surface area contributed by atoms with Crippen LogP contribution in [0.5, 0.6) is 0 Å². The van der Waals surface area contributed by atoms with Gasteiger partial charge in [0.15, 0.2) is 0 Å². The zero-order valence-corrected chi connectivity index (χ0v) is 8.25. The second-order valence-electron chi connectivity index (χ2n) is 3.27. The van der Waals surface area contributed by atoms with Gasteiger partial charge in [-0.25, -0.2) is 0 Å². The molecule has 0 radical (unpaired) electrons. The van der Waals surface area contributed by atoms with Gasteiger partial charge in [-0.05, 0) is 25.5 Å². The molecule has 1 atom stereocenters. The maximum Gasteiger partial charge on any atom is 0.131 e. The summed E-state index contributed by atoms with van der Waals surface area (Å²) in [5, 5.41) is 12.7. The van der Waals surface area contributed by atoms with E-state index in [9.17, 15) is 5.11 Å². The predicted octanol–water partition coefficient (Wildman–Crippen LogP) is 1.99. The second-order valence-corrected chi connectivity index (χ2v) is 3.27. The minimum absolute atomic E-state index is 0.528. The molecular weight excluding hydrogens is 162 g/mol. The van der Waals surface area contributed by atoms with Crippen molar-refractivity contribution in [2.45, 2.75) is 26.5 Å². The highest BCUT2D eigenvalue weighted by Gasteiger charge is 2.04. The van der Waals surface area contributed by atoms with Gasteiger partial charge < -0.3 is 5.11 Å². The van der Waals surface area contributed by atoms with Gasteiger partial charge in [-0.15, -0.1) is 0 Å². The molecule has 13 heavy (non-hydrogen) atoms. The molecule has 1 rings (SSSR count). The van der Waals surface area contributed by atoms with Crippen molar-refractivity contribution in [2.75, 3.05) is 6.54 Å². The molecule has 1 unspecified atom stereocenters. The highest BCUT2D eigenvalue weighted by molar-refractivity contribution is 5.23. The van der Waals surface area contributed by atoms with Crippen LogP contribution in [0.3, 0.4) is 0 Å². The minimum Gasteiger partial charge on any atom is -0.374 e. The van der Waals surface area contributed by atoms with Crippen molar-refractivity contribution in [2.24, 2.45) is 0 Å². The Balaban J connectivity index is 2.60.